The Balaban J connectivity index is 1.77. The zero-order chi connectivity index (χ0) is 24.0. The predicted octanol–water partition coefficient (Wildman–Crippen LogP) is 1.73. The summed E-state index contributed by atoms with van der Waals surface area (Å²) < 4.78 is 28.8. The van der Waals surface area contributed by atoms with Crippen LogP contribution in [-0.2, 0) is 14.3 Å². The summed E-state index contributed by atoms with van der Waals surface area (Å²) in [6.07, 6.45) is 1.61. The molecule has 9 nitrogen and oxygen atoms in total. The summed E-state index contributed by atoms with van der Waals surface area (Å²) >= 11 is 0. The van der Waals surface area contributed by atoms with Crippen LogP contribution in [0.5, 0.6) is 5.88 Å². The van der Waals surface area contributed by atoms with Gasteiger partial charge in [0.2, 0.25) is 5.88 Å². The molecule has 2 heterocycles. The Morgan fingerprint density at radius 3 is 2.58 bits per heavy atom. The topological polar surface area (TPSA) is 110 Å². The highest BCUT2D eigenvalue weighted by molar-refractivity contribution is 5.97. The van der Waals surface area contributed by atoms with E-state index in [-0.39, 0.29) is 49.7 Å². The number of pyridine rings is 1. The Hall–Kier alpha value is -2.46. The van der Waals surface area contributed by atoms with E-state index in [9.17, 15) is 19.1 Å². The Labute approximate surface area is 193 Å². The van der Waals surface area contributed by atoms with E-state index >= 15 is 0 Å². The fourth-order valence-corrected chi connectivity index (χ4v) is 3.93. The van der Waals surface area contributed by atoms with E-state index in [1.54, 1.807) is 33.1 Å². The zero-order valence-electron chi connectivity index (χ0n) is 19.5. The molecular formula is C23H34FN3O6. The lowest BCUT2D eigenvalue weighted by Crippen LogP contribution is -2.55. The van der Waals surface area contributed by atoms with Crippen molar-refractivity contribution in [2.24, 2.45) is 11.8 Å². The lowest BCUT2D eigenvalue weighted by Gasteiger charge is -2.40. The molecule has 1 unspecified atom stereocenters. The first-order valence-corrected chi connectivity index (χ1v) is 11.5. The second-order valence-electron chi connectivity index (χ2n) is 8.60. The predicted molar refractivity (Wildman–Crippen MR) is 119 cm³/mol. The van der Waals surface area contributed by atoms with Gasteiger partial charge in [0.05, 0.1) is 12.7 Å². The van der Waals surface area contributed by atoms with Crippen LogP contribution in [0.1, 0.15) is 43.6 Å². The number of alkyl halides is 1. The summed E-state index contributed by atoms with van der Waals surface area (Å²) in [6.45, 7) is 4.30. The number of amides is 1. The fourth-order valence-electron chi connectivity index (χ4n) is 3.93. The van der Waals surface area contributed by atoms with Crippen LogP contribution in [0, 0.1) is 11.8 Å². The number of halogens is 1. The number of carbonyl (C=O) groups excluding carboxylic acids is 2. The molecule has 1 aromatic rings. The minimum absolute atomic E-state index is 0.108. The molecule has 0 radical (unpaired) electrons. The number of hydrogen-bond acceptors (Lipinski definition) is 8. The fraction of sp³-hybridized carbons (Fsp3) is 0.696. The average molecular weight is 468 g/mol. The Bertz CT molecular complexity index is 828. The number of hydrogen-bond donors (Lipinski definition) is 2. The molecule has 2 fully saturated rings. The molecule has 1 saturated carbocycles. The van der Waals surface area contributed by atoms with Crippen molar-refractivity contribution in [1.29, 1.82) is 0 Å². The number of rotatable bonds is 13. The van der Waals surface area contributed by atoms with Crippen LogP contribution in [0.25, 0.3) is 0 Å². The standard InChI is InChI=1S/C23H34FN3O6/c1-4-23(5-2,22(30)32-9-8-24)26-20(29)18-6-7-19(27-11-17(12-27)31-3)21(25-18)33-14-16-10-15(16)13-28/h6-7,15-17,28H,4-5,8-14H2,1-3H3,(H,26,29)/t15-,16?/m1/s1. The van der Waals surface area contributed by atoms with Crippen molar-refractivity contribution in [2.75, 3.05) is 51.6 Å². The monoisotopic (exact) mass is 467 g/mol. The molecular weight excluding hydrogens is 433 g/mol. The number of carbonyl (C=O) groups is 2. The summed E-state index contributed by atoms with van der Waals surface area (Å²) in [5.74, 6) is -0.360. The molecule has 0 aromatic carbocycles. The quantitative estimate of drug-likeness (QED) is 0.422. The summed E-state index contributed by atoms with van der Waals surface area (Å²) in [5, 5.41) is 12.0. The van der Waals surface area contributed by atoms with Gasteiger partial charge in [0, 0.05) is 26.8 Å². The van der Waals surface area contributed by atoms with E-state index in [4.69, 9.17) is 14.2 Å². The molecule has 2 aliphatic rings. The zero-order valence-corrected chi connectivity index (χ0v) is 19.5. The molecule has 0 bridgehead atoms. The minimum Gasteiger partial charge on any atom is -0.476 e. The molecule has 3 rings (SSSR count). The molecule has 1 amide bonds. The molecule has 0 spiro atoms. The number of ether oxygens (including phenoxy) is 3. The van der Waals surface area contributed by atoms with Crippen LogP contribution < -0.4 is 15.0 Å². The van der Waals surface area contributed by atoms with Crippen LogP contribution >= 0.6 is 0 Å². The van der Waals surface area contributed by atoms with Gasteiger partial charge < -0.3 is 29.5 Å². The van der Waals surface area contributed by atoms with Crippen molar-refractivity contribution in [2.45, 2.75) is 44.8 Å². The third-order valence-corrected chi connectivity index (χ3v) is 6.59. The van der Waals surface area contributed by atoms with Crippen LogP contribution in [0.2, 0.25) is 0 Å². The van der Waals surface area contributed by atoms with Gasteiger partial charge >= 0.3 is 5.97 Å². The van der Waals surface area contributed by atoms with Gasteiger partial charge in [-0.25, -0.2) is 14.2 Å². The number of nitrogens with one attached hydrogen (secondary N) is 1. The number of methoxy groups -OCH3 is 1. The maximum atomic E-state index is 13.0. The Morgan fingerprint density at radius 2 is 2.00 bits per heavy atom. The molecule has 1 aliphatic heterocycles. The minimum atomic E-state index is -1.26. The van der Waals surface area contributed by atoms with Gasteiger partial charge in [0.15, 0.2) is 0 Å². The van der Waals surface area contributed by atoms with Crippen molar-refractivity contribution < 1.29 is 33.3 Å². The van der Waals surface area contributed by atoms with E-state index in [1.165, 1.54) is 0 Å². The van der Waals surface area contributed by atoms with Gasteiger partial charge in [-0.15, -0.1) is 0 Å². The molecule has 184 valence electrons. The highest BCUT2D eigenvalue weighted by atomic mass is 19.1. The van der Waals surface area contributed by atoms with E-state index < -0.39 is 24.1 Å². The lowest BCUT2D eigenvalue weighted by molar-refractivity contribution is -0.152. The molecule has 1 aliphatic carbocycles. The van der Waals surface area contributed by atoms with Gasteiger partial charge in [-0.2, -0.15) is 0 Å². The third-order valence-electron chi connectivity index (χ3n) is 6.59. The first-order chi connectivity index (χ1) is 15.9. The summed E-state index contributed by atoms with van der Waals surface area (Å²) in [5.41, 5.74) is -0.392. The number of anilines is 1. The van der Waals surface area contributed by atoms with E-state index in [0.717, 1.165) is 12.1 Å². The van der Waals surface area contributed by atoms with Crippen LogP contribution in [0.4, 0.5) is 10.1 Å². The lowest BCUT2D eigenvalue weighted by atomic mass is 9.92. The van der Waals surface area contributed by atoms with Crippen LogP contribution in [0.3, 0.4) is 0 Å². The maximum Gasteiger partial charge on any atom is 0.331 e. The second kappa shape index (κ2) is 11.1. The molecule has 1 saturated heterocycles. The number of aliphatic hydroxyl groups excluding tert-OH is 1. The summed E-state index contributed by atoms with van der Waals surface area (Å²) in [6, 6.07) is 3.37. The van der Waals surface area contributed by atoms with E-state index in [1.807, 2.05) is 0 Å². The van der Waals surface area contributed by atoms with Crippen LogP contribution in [0.15, 0.2) is 12.1 Å². The van der Waals surface area contributed by atoms with Gasteiger partial charge in [0.25, 0.3) is 5.91 Å². The average Bonchev–Trinajstić information content (AvgIpc) is 3.58. The molecule has 33 heavy (non-hydrogen) atoms. The largest absolute Gasteiger partial charge is 0.476 e. The number of esters is 1. The summed E-state index contributed by atoms with van der Waals surface area (Å²) in [4.78, 5) is 32.1. The Kier molecular flexibility index (Phi) is 8.47. The molecule has 2 N–H and O–H groups in total. The summed E-state index contributed by atoms with van der Waals surface area (Å²) in [7, 11) is 1.67. The number of aliphatic hydroxyl groups is 1. The van der Waals surface area contributed by atoms with Crippen molar-refractivity contribution in [3.63, 3.8) is 0 Å². The highest BCUT2D eigenvalue weighted by Gasteiger charge is 2.40. The van der Waals surface area contributed by atoms with Crippen molar-refractivity contribution in [3.05, 3.63) is 17.8 Å². The number of aromatic nitrogens is 1. The van der Waals surface area contributed by atoms with E-state index in [0.29, 0.717) is 25.6 Å². The smallest absolute Gasteiger partial charge is 0.331 e. The van der Waals surface area contributed by atoms with Crippen molar-refractivity contribution in [3.8, 4) is 5.88 Å². The normalized spacial score (nSPS) is 20.2. The van der Waals surface area contributed by atoms with Crippen molar-refractivity contribution >= 4 is 17.6 Å². The first-order valence-electron chi connectivity index (χ1n) is 11.5. The molecule has 1 aromatic heterocycles. The SMILES string of the molecule is CCC(CC)(NC(=O)c1ccc(N2CC(OC)C2)c(OCC2C[C@@H]2CO)n1)C(=O)OCCF. The van der Waals surface area contributed by atoms with Gasteiger partial charge in [-0.05, 0) is 43.2 Å². The van der Waals surface area contributed by atoms with Crippen molar-refractivity contribution in [1.82, 2.24) is 10.3 Å². The first kappa shape index (κ1) is 25.2. The highest BCUT2D eigenvalue weighted by Crippen LogP contribution is 2.39. The van der Waals surface area contributed by atoms with Crippen LogP contribution in [-0.4, -0.2) is 80.3 Å². The maximum absolute atomic E-state index is 13.0. The third kappa shape index (κ3) is 5.73. The van der Waals surface area contributed by atoms with Gasteiger partial charge in [0.1, 0.15) is 30.2 Å². The van der Waals surface area contributed by atoms with E-state index in [2.05, 4.69) is 15.2 Å². The van der Waals surface area contributed by atoms with Gasteiger partial charge in [-0.3, -0.25) is 4.79 Å². The Morgan fingerprint density at radius 1 is 1.27 bits per heavy atom. The molecule has 2 atom stereocenters. The van der Waals surface area contributed by atoms with Gasteiger partial charge in [-0.1, -0.05) is 13.8 Å². The second-order valence-corrected chi connectivity index (χ2v) is 8.60. The number of nitrogens with zero attached hydrogens (tertiary/aromatic N) is 2. The molecule has 10 heteroatoms.